The highest BCUT2D eigenvalue weighted by Gasteiger charge is 2.31. The molecule has 3 rings (SSSR count). The SMILES string of the molecule is CC1CCCC1C(N)c1cc2cccc(Cl)c2o1. The van der Waals surface area contributed by atoms with Crippen molar-refractivity contribution in [2.24, 2.45) is 17.6 Å². The third-order valence-electron chi connectivity index (χ3n) is 4.23. The first kappa shape index (κ1) is 12.1. The van der Waals surface area contributed by atoms with E-state index in [1.165, 1.54) is 19.3 Å². The zero-order valence-corrected chi connectivity index (χ0v) is 11.3. The number of rotatable bonds is 2. The van der Waals surface area contributed by atoms with E-state index in [-0.39, 0.29) is 6.04 Å². The molecule has 2 aromatic rings. The standard InChI is InChI=1S/C15H18ClNO/c1-9-4-2-6-11(9)14(17)13-8-10-5-3-7-12(16)15(10)18-13/h3,5,7-9,11,14H,2,4,6,17H2,1H3. The van der Waals surface area contributed by atoms with Gasteiger partial charge in [-0.25, -0.2) is 0 Å². The molecule has 1 heterocycles. The summed E-state index contributed by atoms with van der Waals surface area (Å²) in [7, 11) is 0. The highest BCUT2D eigenvalue weighted by molar-refractivity contribution is 6.34. The third kappa shape index (κ3) is 1.94. The van der Waals surface area contributed by atoms with Crippen LogP contribution in [0.3, 0.4) is 0 Å². The predicted octanol–water partition coefficient (Wildman–Crippen LogP) is 4.52. The molecule has 1 fully saturated rings. The highest BCUT2D eigenvalue weighted by Crippen LogP contribution is 2.40. The summed E-state index contributed by atoms with van der Waals surface area (Å²) in [5.74, 6) is 2.09. The second-order valence-electron chi connectivity index (χ2n) is 5.40. The molecule has 3 atom stereocenters. The van der Waals surface area contributed by atoms with Gasteiger partial charge in [-0.15, -0.1) is 0 Å². The molecule has 1 aliphatic carbocycles. The van der Waals surface area contributed by atoms with Crippen LogP contribution in [0.15, 0.2) is 28.7 Å². The molecular formula is C15H18ClNO. The second kappa shape index (κ2) is 4.60. The van der Waals surface area contributed by atoms with Crippen molar-refractivity contribution in [2.75, 3.05) is 0 Å². The average molecular weight is 264 g/mol. The number of fused-ring (bicyclic) bond motifs is 1. The van der Waals surface area contributed by atoms with Crippen LogP contribution in [0.25, 0.3) is 11.0 Å². The van der Waals surface area contributed by atoms with Gasteiger partial charge in [0.25, 0.3) is 0 Å². The van der Waals surface area contributed by atoms with Crippen molar-refractivity contribution >= 4 is 22.6 Å². The van der Waals surface area contributed by atoms with E-state index in [1.807, 2.05) is 24.3 Å². The van der Waals surface area contributed by atoms with Gasteiger partial charge < -0.3 is 10.2 Å². The largest absolute Gasteiger partial charge is 0.458 e. The normalized spacial score (nSPS) is 25.7. The van der Waals surface area contributed by atoms with Gasteiger partial charge >= 0.3 is 0 Å². The van der Waals surface area contributed by atoms with Crippen LogP contribution in [0.4, 0.5) is 0 Å². The first-order valence-corrected chi connectivity index (χ1v) is 6.98. The fourth-order valence-electron chi connectivity index (χ4n) is 3.13. The van der Waals surface area contributed by atoms with Gasteiger partial charge in [-0.3, -0.25) is 0 Å². The molecule has 3 heteroatoms. The summed E-state index contributed by atoms with van der Waals surface area (Å²) in [4.78, 5) is 0. The molecule has 2 N–H and O–H groups in total. The minimum Gasteiger partial charge on any atom is -0.458 e. The van der Waals surface area contributed by atoms with Gasteiger partial charge in [0.2, 0.25) is 0 Å². The summed E-state index contributed by atoms with van der Waals surface area (Å²) in [6.45, 7) is 2.28. The number of hydrogen-bond donors (Lipinski definition) is 1. The lowest BCUT2D eigenvalue weighted by molar-refractivity contribution is 0.316. The number of hydrogen-bond acceptors (Lipinski definition) is 2. The lowest BCUT2D eigenvalue weighted by atomic mass is 9.89. The third-order valence-corrected chi connectivity index (χ3v) is 4.53. The Bertz CT molecular complexity index is 563. The molecule has 0 spiro atoms. The number of para-hydroxylation sites is 1. The molecule has 0 bridgehead atoms. The quantitative estimate of drug-likeness (QED) is 0.865. The van der Waals surface area contributed by atoms with Crippen LogP contribution in [-0.2, 0) is 0 Å². The van der Waals surface area contributed by atoms with E-state index < -0.39 is 0 Å². The van der Waals surface area contributed by atoms with E-state index in [2.05, 4.69) is 6.92 Å². The average Bonchev–Trinajstić information content (AvgIpc) is 2.95. The van der Waals surface area contributed by atoms with Gasteiger partial charge in [0.15, 0.2) is 5.58 Å². The van der Waals surface area contributed by atoms with Gasteiger partial charge in [-0.2, -0.15) is 0 Å². The van der Waals surface area contributed by atoms with Gasteiger partial charge in [0, 0.05) is 5.39 Å². The molecule has 0 saturated heterocycles. The van der Waals surface area contributed by atoms with Crippen LogP contribution in [0.5, 0.6) is 0 Å². The van der Waals surface area contributed by atoms with E-state index in [1.54, 1.807) is 0 Å². The Morgan fingerprint density at radius 2 is 2.22 bits per heavy atom. The first-order valence-electron chi connectivity index (χ1n) is 6.60. The zero-order valence-electron chi connectivity index (χ0n) is 10.5. The van der Waals surface area contributed by atoms with Crippen molar-refractivity contribution in [1.82, 2.24) is 0 Å². The maximum absolute atomic E-state index is 6.37. The Morgan fingerprint density at radius 1 is 1.39 bits per heavy atom. The maximum atomic E-state index is 6.37. The molecular weight excluding hydrogens is 246 g/mol. The summed E-state index contributed by atoms with van der Waals surface area (Å²) in [6.07, 6.45) is 3.76. The van der Waals surface area contributed by atoms with Crippen molar-refractivity contribution in [3.8, 4) is 0 Å². The van der Waals surface area contributed by atoms with Crippen LogP contribution in [-0.4, -0.2) is 0 Å². The minimum absolute atomic E-state index is 0.00836. The smallest absolute Gasteiger partial charge is 0.152 e. The highest BCUT2D eigenvalue weighted by atomic mass is 35.5. The van der Waals surface area contributed by atoms with Gasteiger partial charge in [0.05, 0.1) is 11.1 Å². The Labute approximate surface area is 112 Å². The fourth-order valence-corrected chi connectivity index (χ4v) is 3.35. The summed E-state index contributed by atoms with van der Waals surface area (Å²) < 4.78 is 5.86. The molecule has 0 amide bonds. The minimum atomic E-state index is -0.00836. The lowest BCUT2D eigenvalue weighted by Gasteiger charge is -2.21. The van der Waals surface area contributed by atoms with E-state index in [9.17, 15) is 0 Å². The van der Waals surface area contributed by atoms with Crippen molar-refractivity contribution in [2.45, 2.75) is 32.2 Å². The topological polar surface area (TPSA) is 39.2 Å². The van der Waals surface area contributed by atoms with Crippen LogP contribution >= 0.6 is 11.6 Å². The monoisotopic (exact) mass is 263 g/mol. The number of nitrogens with two attached hydrogens (primary N) is 1. The maximum Gasteiger partial charge on any atom is 0.152 e. The summed E-state index contributed by atoms with van der Waals surface area (Å²) in [5, 5.41) is 1.70. The molecule has 3 unspecified atom stereocenters. The Morgan fingerprint density at radius 3 is 2.89 bits per heavy atom. The fraction of sp³-hybridized carbons (Fsp3) is 0.467. The Kier molecular flexibility index (Phi) is 3.08. The van der Waals surface area contributed by atoms with Crippen LogP contribution < -0.4 is 5.73 Å². The van der Waals surface area contributed by atoms with Gasteiger partial charge in [0.1, 0.15) is 5.76 Å². The molecule has 18 heavy (non-hydrogen) atoms. The van der Waals surface area contributed by atoms with Crippen LogP contribution in [0, 0.1) is 11.8 Å². The van der Waals surface area contributed by atoms with Crippen LogP contribution in [0.1, 0.15) is 38.0 Å². The van der Waals surface area contributed by atoms with Crippen molar-refractivity contribution in [3.05, 3.63) is 35.0 Å². The Balaban J connectivity index is 1.96. The van der Waals surface area contributed by atoms with E-state index in [4.69, 9.17) is 21.8 Å². The van der Waals surface area contributed by atoms with E-state index in [0.717, 1.165) is 16.7 Å². The molecule has 2 nitrogen and oxygen atoms in total. The van der Waals surface area contributed by atoms with Crippen molar-refractivity contribution in [3.63, 3.8) is 0 Å². The van der Waals surface area contributed by atoms with Crippen LogP contribution in [0.2, 0.25) is 5.02 Å². The van der Waals surface area contributed by atoms with Crippen molar-refractivity contribution < 1.29 is 4.42 Å². The molecule has 1 aromatic heterocycles. The molecule has 0 aliphatic heterocycles. The van der Waals surface area contributed by atoms with Crippen molar-refractivity contribution in [1.29, 1.82) is 0 Å². The Hall–Kier alpha value is -0.990. The number of halogens is 1. The number of benzene rings is 1. The van der Waals surface area contributed by atoms with Gasteiger partial charge in [-0.05, 0) is 30.4 Å². The lowest BCUT2D eigenvalue weighted by Crippen LogP contribution is -2.22. The zero-order chi connectivity index (χ0) is 12.7. The molecule has 96 valence electrons. The van der Waals surface area contributed by atoms with E-state index in [0.29, 0.717) is 16.9 Å². The van der Waals surface area contributed by atoms with E-state index >= 15 is 0 Å². The second-order valence-corrected chi connectivity index (χ2v) is 5.81. The summed E-state index contributed by atoms with van der Waals surface area (Å²) >= 11 is 6.13. The summed E-state index contributed by atoms with van der Waals surface area (Å²) in [6, 6.07) is 7.83. The number of furan rings is 1. The predicted molar refractivity (Wildman–Crippen MR) is 74.7 cm³/mol. The molecule has 1 saturated carbocycles. The molecule has 1 aromatic carbocycles. The summed E-state index contributed by atoms with van der Waals surface area (Å²) in [5.41, 5.74) is 7.13. The molecule has 0 radical (unpaired) electrons. The first-order chi connectivity index (χ1) is 8.66. The molecule has 1 aliphatic rings. The van der Waals surface area contributed by atoms with Gasteiger partial charge in [-0.1, -0.05) is 43.5 Å².